The lowest BCUT2D eigenvalue weighted by Crippen LogP contribution is -2.36. The van der Waals surface area contributed by atoms with Crippen molar-refractivity contribution in [1.82, 2.24) is 4.72 Å². The van der Waals surface area contributed by atoms with Gasteiger partial charge in [0.25, 0.3) is 0 Å². The van der Waals surface area contributed by atoms with Crippen LogP contribution in [0.25, 0.3) is 0 Å². The Balaban J connectivity index is 2.44. The standard InChI is InChI=1S/C16H13ClF3NO4S/c1-25-14-7-3-6-12(15(22)10-4-2-5-11(17)8-10)13(14)9-21-26(23,24)16(18,19)20/h2-8,21H,9H2,1H3. The number of benzene rings is 2. The van der Waals surface area contributed by atoms with Crippen LogP contribution in [0.5, 0.6) is 5.75 Å². The van der Waals surface area contributed by atoms with Crippen molar-refractivity contribution in [3.8, 4) is 5.75 Å². The minimum absolute atomic E-state index is 0.00325. The highest BCUT2D eigenvalue weighted by molar-refractivity contribution is 7.90. The lowest BCUT2D eigenvalue weighted by Gasteiger charge is -2.15. The van der Waals surface area contributed by atoms with Gasteiger partial charge >= 0.3 is 15.5 Å². The van der Waals surface area contributed by atoms with Crippen LogP contribution in [0, 0.1) is 0 Å². The monoisotopic (exact) mass is 407 g/mol. The molecule has 140 valence electrons. The van der Waals surface area contributed by atoms with E-state index >= 15 is 0 Å². The summed E-state index contributed by atoms with van der Waals surface area (Å²) in [6.45, 7) is -0.770. The first-order valence-corrected chi connectivity index (χ1v) is 8.95. The van der Waals surface area contributed by atoms with Gasteiger partial charge in [-0.2, -0.15) is 13.2 Å². The van der Waals surface area contributed by atoms with E-state index in [4.69, 9.17) is 16.3 Å². The summed E-state index contributed by atoms with van der Waals surface area (Å²) < 4.78 is 66.5. The molecule has 0 aliphatic heterocycles. The quantitative estimate of drug-likeness (QED) is 0.744. The molecule has 0 aliphatic carbocycles. The van der Waals surface area contributed by atoms with Crippen LogP contribution in [0.2, 0.25) is 5.02 Å². The summed E-state index contributed by atoms with van der Waals surface area (Å²) in [7, 11) is -4.32. The summed E-state index contributed by atoms with van der Waals surface area (Å²) in [4.78, 5) is 12.7. The van der Waals surface area contributed by atoms with E-state index in [-0.39, 0.29) is 22.4 Å². The fourth-order valence-electron chi connectivity index (χ4n) is 2.19. The Morgan fingerprint density at radius 3 is 2.42 bits per heavy atom. The topological polar surface area (TPSA) is 72.5 Å². The highest BCUT2D eigenvalue weighted by Gasteiger charge is 2.45. The molecule has 0 heterocycles. The summed E-state index contributed by atoms with van der Waals surface area (Å²) in [6.07, 6.45) is 0. The molecule has 0 aromatic heterocycles. The molecule has 26 heavy (non-hydrogen) atoms. The van der Waals surface area contributed by atoms with E-state index < -0.39 is 27.9 Å². The molecule has 2 rings (SSSR count). The van der Waals surface area contributed by atoms with E-state index in [1.54, 1.807) is 12.1 Å². The fourth-order valence-corrected chi connectivity index (χ4v) is 2.87. The Hall–Kier alpha value is -2.10. The first-order chi connectivity index (χ1) is 12.1. The predicted octanol–water partition coefficient (Wildman–Crippen LogP) is 3.52. The molecular weight excluding hydrogens is 395 g/mol. The zero-order valence-electron chi connectivity index (χ0n) is 13.3. The molecule has 0 saturated heterocycles. The average Bonchev–Trinajstić information content (AvgIpc) is 2.58. The van der Waals surface area contributed by atoms with Crippen molar-refractivity contribution in [2.45, 2.75) is 12.1 Å². The molecule has 0 saturated carbocycles. The third-order valence-electron chi connectivity index (χ3n) is 3.43. The smallest absolute Gasteiger partial charge is 0.496 e. The molecule has 0 unspecified atom stereocenters. The van der Waals surface area contributed by atoms with Crippen molar-refractivity contribution in [2.75, 3.05) is 7.11 Å². The second kappa shape index (κ2) is 7.65. The van der Waals surface area contributed by atoms with Crippen LogP contribution in [0.15, 0.2) is 42.5 Å². The van der Waals surface area contributed by atoms with Crippen molar-refractivity contribution in [1.29, 1.82) is 0 Å². The summed E-state index contributed by atoms with van der Waals surface area (Å²) >= 11 is 5.85. The normalized spacial score (nSPS) is 12.0. The molecule has 0 fully saturated rings. The number of ketones is 1. The molecule has 0 radical (unpaired) electrons. The van der Waals surface area contributed by atoms with E-state index in [2.05, 4.69) is 0 Å². The molecule has 0 bridgehead atoms. The number of hydrogen-bond donors (Lipinski definition) is 1. The van der Waals surface area contributed by atoms with E-state index in [9.17, 15) is 26.4 Å². The number of methoxy groups -OCH3 is 1. The Labute approximate surface area is 152 Å². The molecule has 0 spiro atoms. The molecule has 5 nitrogen and oxygen atoms in total. The van der Waals surface area contributed by atoms with Crippen LogP contribution >= 0.6 is 11.6 Å². The van der Waals surface area contributed by atoms with Gasteiger partial charge in [0, 0.05) is 28.3 Å². The van der Waals surface area contributed by atoms with Gasteiger partial charge in [-0.3, -0.25) is 4.79 Å². The number of carbonyl (C=O) groups is 1. The Bertz CT molecular complexity index is 929. The second-order valence-electron chi connectivity index (χ2n) is 5.10. The van der Waals surface area contributed by atoms with Crippen LogP contribution in [0.1, 0.15) is 21.5 Å². The van der Waals surface area contributed by atoms with Gasteiger partial charge in [-0.05, 0) is 18.2 Å². The molecule has 0 atom stereocenters. The van der Waals surface area contributed by atoms with Gasteiger partial charge in [0.15, 0.2) is 5.78 Å². The molecule has 0 amide bonds. The predicted molar refractivity (Wildman–Crippen MR) is 89.7 cm³/mol. The van der Waals surface area contributed by atoms with Crippen molar-refractivity contribution < 1.29 is 31.1 Å². The summed E-state index contributed by atoms with van der Waals surface area (Å²) in [5.74, 6) is -0.463. The summed E-state index contributed by atoms with van der Waals surface area (Å²) in [5, 5.41) is 0.304. The third-order valence-corrected chi connectivity index (χ3v) is 4.80. The highest BCUT2D eigenvalue weighted by atomic mass is 35.5. The van der Waals surface area contributed by atoms with E-state index in [1.165, 1.54) is 42.2 Å². The van der Waals surface area contributed by atoms with Gasteiger partial charge in [0.2, 0.25) is 0 Å². The van der Waals surface area contributed by atoms with Crippen molar-refractivity contribution >= 4 is 27.4 Å². The zero-order valence-corrected chi connectivity index (χ0v) is 14.9. The Morgan fingerprint density at radius 1 is 1.19 bits per heavy atom. The average molecular weight is 408 g/mol. The molecular formula is C16H13ClF3NO4S. The fraction of sp³-hybridized carbons (Fsp3) is 0.188. The molecule has 1 N–H and O–H groups in total. The van der Waals surface area contributed by atoms with Crippen LogP contribution in [0.3, 0.4) is 0 Å². The first-order valence-electron chi connectivity index (χ1n) is 7.09. The molecule has 10 heteroatoms. The maximum Gasteiger partial charge on any atom is 0.511 e. The lowest BCUT2D eigenvalue weighted by atomic mass is 9.97. The molecule has 2 aromatic rings. The number of hydrogen-bond acceptors (Lipinski definition) is 4. The number of alkyl halides is 3. The number of sulfonamides is 1. The number of carbonyl (C=O) groups excluding carboxylic acids is 1. The Morgan fingerprint density at radius 2 is 1.85 bits per heavy atom. The number of ether oxygens (including phenoxy) is 1. The van der Waals surface area contributed by atoms with Crippen molar-refractivity contribution in [3.63, 3.8) is 0 Å². The van der Waals surface area contributed by atoms with Gasteiger partial charge in [0.1, 0.15) is 5.75 Å². The maximum absolute atomic E-state index is 12.7. The zero-order chi connectivity index (χ0) is 19.5. The lowest BCUT2D eigenvalue weighted by molar-refractivity contribution is -0.0448. The Kier molecular flexibility index (Phi) is 5.94. The van der Waals surface area contributed by atoms with E-state index in [1.807, 2.05) is 0 Å². The third kappa shape index (κ3) is 4.35. The van der Waals surface area contributed by atoms with Gasteiger partial charge in [-0.15, -0.1) is 0 Å². The van der Waals surface area contributed by atoms with Crippen LogP contribution in [-0.4, -0.2) is 26.8 Å². The largest absolute Gasteiger partial charge is 0.511 e. The first kappa shape index (κ1) is 20.2. The molecule has 2 aromatic carbocycles. The van der Waals surface area contributed by atoms with Crippen molar-refractivity contribution in [3.05, 3.63) is 64.2 Å². The maximum atomic E-state index is 12.7. The van der Waals surface area contributed by atoms with Crippen LogP contribution in [0.4, 0.5) is 13.2 Å². The summed E-state index contributed by atoms with van der Waals surface area (Å²) in [6, 6.07) is 10.2. The number of halogens is 4. The minimum atomic E-state index is -5.57. The number of rotatable bonds is 6. The number of nitrogens with one attached hydrogen (secondary N) is 1. The molecule has 0 aliphatic rings. The van der Waals surface area contributed by atoms with Gasteiger partial charge in [-0.25, -0.2) is 13.1 Å². The van der Waals surface area contributed by atoms with E-state index in [0.717, 1.165) is 0 Å². The van der Waals surface area contributed by atoms with Gasteiger partial charge < -0.3 is 4.74 Å². The highest BCUT2D eigenvalue weighted by Crippen LogP contribution is 2.27. The minimum Gasteiger partial charge on any atom is -0.496 e. The van der Waals surface area contributed by atoms with Crippen LogP contribution in [-0.2, 0) is 16.6 Å². The van der Waals surface area contributed by atoms with Crippen molar-refractivity contribution in [2.24, 2.45) is 0 Å². The SMILES string of the molecule is COc1cccc(C(=O)c2cccc(Cl)c2)c1CNS(=O)(=O)C(F)(F)F. The van der Waals surface area contributed by atoms with Gasteiger partial charge in [-0.1, -0.05) is 35.9 Å². The van der Waals surface area contributed by atoms with E-state index in [0.29, 0.717) is 5.02 Å². The van der Waals surface area contributed by atoms with Crippen LogP contribution < -0.4 is 9.46 Å². The second-order valence-corrected chi connectivity index (χ2v) is 7.29. The summed E-state index contributed by atoms with van der Waals surface area (Å²) in [5.41, 5.74) is -5.29. The van der Waals surface area contributed by atoms with Gasteiger partial charge in [0.05, 0.1) is 7.11 Å².